The topological polar surface area (TPSA) is 183 Å². The number of nitrogens with zero attached hydrogens (tertiary/aromatic N) is 5. The van der Waals surface area contributed by atoms with Gasteiger partial charge in [0.2, 0.25) is 21.8 Å². The van der Waals surface area contributed by atoms with Crippen molar-refractivity contribution in [2.24, 2.45) is 11.8 Å². The summed E-state index contributed by atoms with van der Waals surface area (Å²) in [6.07, 6.45) is 1.49. The zero-order chi connectivity index (χ0) is 47.0. The number of alkyl halides is 2. The lowest BCUT2D eigenvalue weighted by Gasteiger charge is -2.36. The molecule has 0 radical (unpaired) electrons. The van der Waals surface area contributed by atoms with Crippen molar-refractivity contribution in [3.8, 4) is 0 Å². The first-order valence-corrected chi connectivity index (χ1v) is 23.9. The van der Waals surface area contributed by atoms with Crippen LogP contribution in [0.15, 0.2) is 41.3 Å². The number of pyridine rings is 1. The molecule has 20 heteroatoms. The highest BCUT2D eigenvalue weighted by atomic mass is 35.5. The van der Waals surface area contributed by atoms with Crippen molar-refractivity contribution >= 4 is 57.1 Å². The standard InChI is InChI=1S/C44H65ClF2N8O8S/c1-42(2,3)62-40(58)49-19-9-21-52(7)20-8-18-48-39(57)30-10-12-31(13-11-30)44(46,47)32-26-36(45)51-37(27-32)53-22-24-54(25-23-53)64(60,61)35-16-14-34(15-17-35)55-29-33(28-38(55)56)50-41(59)63-43(4,5)6/h14-17,26-27,30-31,33H,8-13,18-25,28-29H2,1-7H3,(H,48,57)(H,49,58)(H,50,59)/t30-,31-,33-/m1/s1. The average molecular weight is 940 g/mol. The van der Waals surface area contributed by atoms with Crippen molar-refractivity contribution in [1.82, 2.24) is 30.1 Å². The highest BCUT2D eigenvalue weighted by molar-refractivity contribution is 7.89. The normalized spacial score (nSPS) is 20.3. The van der Waals surface area contributed by atoms with Crippen LogP contribution in [0.2, 0.25) is 5.15 Å². The molecule has 2 saturated heterocycles. The van der Waals surface area contributed by atoms with Crippen LogP contribution < -0.4 is 25.8 Å². The van der Waals surface area contributed by atoms with Crippen molar-refractivity contribution in [2.75, 3.05) is 75.8 Å². The number of halogens is 3. The molecule has 356 valence electrons. The number of carbonyl (C=O) groups excluding carboxylic acids is 4. The summed E-state index contributed by atoms with van der Waals surface area (Å²) < 4.78 is 71.5. The van der Waals surface area contributed by atoms with E-state index in [-0.39, 0.29) is 91.1 Å². The van der Waals surface area contributed by atoms with Gasteiger partial charge >= 0.3 is 12.2 Å². The Bertz CT molecular complexity index is 2050. The first-order chi connectivity index (χ1) is 29.9. The monoisotopic (exact) mass is 938 g/mol. The zero-order valence-electron chi connectivity index (χ0n) is 38.1. The van der Waals surface area contributed by atoms with Crippen LogP contribution in [0.1, 0.15) is 92.1 Å². The number of sulfonamides is 1. The van der Waals surface area contributed by atoms with Gasteiger partial charge in [0, 0.05) is 75.3 Å². The summed E-state index contributed by atoms with van der Waals surface area (Å²) in [6.45, 7) is 13.9. The molecule has 1 saturated carbocycles. The Hall–Kier alpha value is -4.33. The largest absolute Gasteiger partial charge is 0.444 e. The first-order valence-electron chi connectivity index (χ1n) is 22.1. The van der Waals surface area contributed by atoms with Crippen LogP contribution in [0.25, 0.3) is 0 Å². The number of ether oxygens (including phenoxy) is 2. The molecule has 0 spiro atoms. The minimum atomic E-state index is -3.93. The Morgan fingerprint density at radius 2 is 1.44 bits per heavy atom. The number of alkyl carbamates (subject to hydrolysis) is 2. The third-order valence-corrected chi connectivity index (χ3v) is 13.5. The Labute approximate surface area is 381 Å². The highest BCUT2D eigenvalue weighted by Gasteiger charge is 2.45. The predicted octanol–water partition coefficient (Wildman–Crippen LogP) is 6.13. The maximum atomic E-state index is 16.1. The van der Waals surface area contributed by atoms with Crippen LogP contribution in [0, 0.1) is 11.8 Å². The summed E-state index contributed by atoms with van der Waals surface area (Å²) in [6, 6.07) is 8.02. The highest BCUT2D eigenvalue weighted by Crippen LogP contribution is 2.46. The lowest BCUT2D eigenvalue weighted by molar-refractivity contribution is -0.129. The van der Waals surface area contributed by atoms with Gasteiger partial charge in [0.15, 0.2) is 0 Å². The van der Waals surface area contributed by atoms with E-state index in [1.165, 1.54) is 33.5 Å². The summed E-state index contributed by atoms with van der Waals surface area (Å²) in [5, 5.41) is 8.32. The molecule has 5 rings (SSSR count). The summed E-state index contributed by atoms with van der Waals surface area (Å²) in [5.74, 6) is -4.68. The minimum Gasteiger partial charge on any atom is -0.444 e. The second kappa shape index (κ2) is 21.3. The number of anilines is 2. The van der Waals surface area contributed by atoms with Gasteiger partial charge in [-0.3, -0.25) is 9.59 Å². The Morgan fingerprint density at radius 3 is 2.03 bits per heavy atom. The number of carbonyl (C=O) groups is 4. The van der Waals surface area contributed by atoms with Gasteiger partial charge in [0.25, 0.3) is 5.92 Å². The van der Waals surface area contributed by atoms with Crippen molar-refractivity contribution in [2.45, 2.75) is 115 Å². The number of piperazine rings is 1. The molecule has 1 aromatic carbocycles. The van der Waals surface area contributed by atoms with E-state index in [1.54, 1.807) is 37.8 Å². The summed E-state index contributed by atoms with van der Waals surface area (Å²) in [4.78, 5) is 59.4. The van der Waals surface area contributed by atoms with Gasteiger partial charge in [-0.15, -0.1) is 0 Å². The van der Waals surface area contributed by atoms with E-state index in [0.717, 1.165) is 25.9 Å². The smallest absolute Gasteiger partial charge is 0.407 e. The fourth-order valence-corrected chi connectivity index (χ4v) is 9.72. The van der Waals surface area contributed by atoms with Crippen molar-refractivity contribution in [3.63, 3.8) is 0 Å². The number of hydrogen-bond donors (Lipinski definition) is 3. The fourth-order valence-electron chi connectivity index (χ4n) is 8.09. The maximum Gasteiger partial charge on any atom is 0.407 e. The number of benzene rings is 1. The Morgan fingerprint density at radius 1 is 0.859 bits per heavy atom. The maximum absolute atomic E-state index is 16.1. The van der Waals surface area contributed by atoms with Crippen LogP contribution in [-0.4, -0.2) is 130 Å². The van der Waals surface area contributed by atoms with Gasteiger partial charge in [-0.25, -0.2) is 31.8 Å². The number of nitrogens with one attached hydrogen (secondary N) is 3. The third kappa shape index (κ3) is 14.3. The van der Waals surface area contributed by atoms with Crippen LogP contribution >= 0.6 is 11.6 Å². The molecule has 64 heavy (non-hydrogen) atoms. The third-order valence-electron chi connectivity index (χ3n) is 11.4. The van der Waals surface area contributed by atoms with Crippen LogP contribution in [0.4, 0.5) is 29.9 Å². The Balaban J connectivity index is 1.05. The molecule has 4 amide bonds. The second-order valence-corrected chi connectivity index (χ2v) is 21.2. The molecule has 2 aliphatic heterocycles. The van der Waals surface area contributed by atoms with Gasteiger partial charge in [0.05, 0.1) is 10.9 Å². The number of rotatable bonds is 16. The van der Waals surface area contributed by atoms with Gasteiger partial charge < -0.3 is 40.1 Å². The van der Waals surface area contributed by atoms with Gasteiger partial charge in [-0.2, -0.15) is 4.31 Å². The van der Waals surface area contributed by atoms with Crippen molar-refractivity contribution in [1.29, 1.82) is 0 Å². The molecule has 1 atom stereocenters. The molecule has 2 aromatic rings. The van der Waals surface area contributed by atoms with Crippen molar-refractivity contribution < 1.29 is 45.9 Å². The lowest BCUT2D eigenvalue weighted by atomic mass is 9.77. The molecular formula is C44H65ClF2N8O8S. The van der Waals surface area contributed by atoms with E-state index in [4.69, 9.17) is 21.1 Å². The van der Waals surface area contributed by atoms with E-state index in [2.05, 4.69) is 25.8 Å². The van der Waals surface area contributed by atoms with Crippen LogP contribution in [0.5, 0.6) is 0 Å². The molecular weight excluding hydrogens is 874 g/mol. The van der Waals surface area contributed by atoms with E-state index in [0.29, 0.717) is 31.6 Å². The van der Waals surface area contributed by atoms with E-state index >= 15 is 8.78 Å². The molecule has 1 aromatic heterocycles. The van der Waals surface area contributed by atoms with Gasteiger partial charge in [0.1, 0.15) is 22.2 Å². The molecule has 3 heterocycles. The van der Waals surface area contributed by atoms with E-state index in [1.807, 2.05) is 27.8 Å². The molecule has 16 nitrogen and oxygen atoms in total. The van der Waals surface area contributed by atoms with E-state index in [9.17, 15) is 27.6 Å². The SMILES string of the molecule is CN(CCCNC(=O)OC(C)(C)C)CCCNC(=O)[C@H]1CC[C@H](C(F)(F)c2cc(Cl)nc(N3CCN(S(=O)(=O)c4ccc(N5C[C@H](NC(=O)OC(C)(C)C)CC5=O)cc4)CC3)c2)CC1. The minimum absolute atomic E-state index is 0.0391. The van der Waals surface area contributed by atoms with Gasteiger partial charge in [-0.1, -0.05) is 11.6 Å². The molecule has 1 aliphatic carbocycles. The fraction of sp³-hybridized carbons (Fsp3) is 0.659. The first kappa shape index (κ1) is 50.7. The summed E-state index contributed by atoms with van der Waals surface area (Å²) in [7, 11) is -1.96. The zero-order valence-corrected chi connectivity index (χ0v) is 39.6. The van der Waals surface area contributed by atoms with Gasteiger partial charge in [-0.05, 0) is 137 Å². The molecule has 0 bridgehead atoms. The molecule has 3 N–H and O–H groups in total. The van der Waals surface area contributed by atoms with Crippen LogP contribution in [-0.2, 0) is 35.0 Å². The quantitative estimate of drug-likeness (QED) is 0.130. The number of amides is 4. The summed E-state index contributed by atoms with van der Waals surface area (Å²) in [5.41, 5.74) is -1.01. The average Bonchev–Trinajstić information content (AvgIpc) is 3.58. The Kier molecular flexibility index (Phi) is 16.9. The number of aromatic nitrogens is 1. The summed E-state index contributed by atoms with van der Waals surface area (Å²) >= 11 is 6.32. The van der Waals surface area contributed by atoms with E-state index < -0.39 is 51.3 Å². The second-order valence-electron chi connectivity index (χ2n) is 18.9. The molecule has 0 unspecified atom stereocenters. The number of hydrogen-bond acceptors (Lipinski definition) is 11. The molecule has 3 fully saturated rings. The van der Waals surface area contributed by atoms with Crippen LogP contribution in [0.3, 0.4) is 0 Å². The predicted molar refractivity (Wildman–Crippen MR) is 240 cm³/mol. The lowest BCUT2D eigenvalue weighted by Crippen LogP contribution is -2.49. The van der Waals surface area contributed by atoms with Crippen molar-refractivity contribution in [3.05, 3.63) is 47.1 Å². The molecule has 3 aliphatic rings.